The standard InChI is InChI=1S/C16H26BrNO2/c1-15(2,3)18-9-8-16(4,19)11-12-10-13(17)6-7-14(12)20-5/h6-7,10,18-19H,8-9,11H2,1-5H3. The molecule has 0 saturated heterocycles. The summed E-state index contributed by atoms with van der Waals surface area (Å²) in [6.07, 6.45) is 1.27. The predicted octanol–water partition coefficient (Wildman–Crippen LogP) is 3.53. The summed E-state index contributed by atoms with van der Waals surface area (Å²) >= 11 is 3.46. The first kappa shape index (κ1) is 17.5. The largest absolute Gasteiger partial charge is 0.496 e. The topological polar surface area (TPSA) is 41.5 Å². The fourth-order valence-electron chi connectivity index (χ4n) is 2.09. The van der Waals surface area contributed by atoms with Crippen LogP contribution < -0.4 is 10.1 Å². The zero-order chi connectivity index (χ0) is 15.4. The first-order valence-corrected chi connectivity index (χ1v) is 7.72. The van der Waals surface area contributed by atoms with Crippen LogP contribution in [-0.4, -0.2) is 29.9 Å². The van der Waals surface area contributed by atoms with Gasteiger partial charge < -0.3 is 15.2 Å². The van der Waals surface area contributed by atoms with E-state index in [0.717, 1.165) is 22.3 Å². The predicted molar refractivity (Wildman–Crippen MR) is 87.4 cm³/mol. The first-order valence-electron chi connectivity index (χ1n) is 6.93. The Hall–Kier alpha value is -0.580. The quantitative estimate of drug-likeness (QED) is 0.830. The van der Waals surface area contributed by atoms with Crippen molar-refractivity contribution >= 4 is 15.9 Å². The molecule has 3 nitrogen and oxygen atoms in total. The van der Waals surface area contributed by atoms with E-state index in [1.54, 1.807) is 7.11 Å². The number of hydrogen-bond acceptors (Lipinski definition) is 3. The highest BCUT2D eigenvalue weighted by molar-refractivity contribution is 9.10. The third-order valence-electron chi connectivity index (χ3n) is 3.13. The van der Waals surface area contributed by atoms with E-state index in [0.29, 0.717) is 12.8 Å². The Morgan fingerprint density at radius 3 is 2.45 bits per heavy atom. The molecule has 0 aromatic heterocycles. The molecule has 1 unspecified atom stereocenters. The fourth-order valence-corrected chi connectivity index (χ4v) is 2.50. The van der Waals surface area contributed by atoms with E-state index >= 15 is 0 Å². The summed E-state index contributed by atoms with van der Waals surface area (Å²) < 4.78 is 6.35. The van der Waals surface area contributed by atoms with Crippen molar-refractivity contribution in [3.63, 3.8) is 0 Å². The summed E-state index contributed by atoms with van der Waals surface area (Å²) in [7, 11) is 1.66. The molecular weight excluding hydrogens is 318 g/mol. The molecule has 0 spiro atoms. The van der Waals surface area contributed by atoms with Gasteiger partial charge in [-0.1, -0.05) is 15.9 Å². The smallest absolute Gasteiger partial charge is 0.122 e. The lowest BCUT2D eigenvalue weighted by Crippen LogP contribution is -2.40. The third-order valence-corrected chi connectivity index (χ3v) is 3.63. The van der Waals surface area contributed by atoms with E-state index < -0.39 is 5.60 Å². The molecular formula is C16H26BrNO2. The fraction of sp³-hybridized carbons (Fsp3) is 0.625. The van der Waals surface area contributed by atoms with E-state index in [-0.39, 0.29) is 5.54 Å². The Labute approximate surface area is 130 Å². The van der Waals surface area contributed by atoms with Crippen LogP contribution in [0.4, 0.5) is 0 Å². The minimum Gasteiger partial charge on any atom is -0.496 e. The lowest BCUT2D eigenvalue weighted by atomic mass is 9.92. The van der Waals surface area contributed by atoms with Crippen molar-refractivity contribution in [2.45, 2.75) is 51.7 Å². The number of rotatable bonds is 6. The van der Waals surface area contributed by atoms with Crippen molar-refractivity contribution in [1.29, 1.82) is 0 Å². The molecule has 0 heterocycles. The maximum Gasteiger partial charge on any atom is 0.122 e. The molecule has 20 heavy (non-hydrogen) atoms. The average molecular weight is 344 g/mol. The van der Waals surface area contributed by atoms with E-state index in [4.69, 9.17) is 4.74 Å². The number of methoxy groups -OCH3 is 1. The Bertz CT molecular complexity index is 439. The molecule has 0 fully saturated rings. The lowest BCUT2D eigenvalue weighted by Gasteiger charge is -2.27. The van der Waals surface area contributed by atoms with Crippen LogP contribution in [0, 0.1) is 0 Å². The van der Waals surface area contributed by atoms with Gasteiger partial charge >= 0.3 is 0 Å². The van der Waals surface area contributed by atoms with E-state index in [2.05, 4.69) is 42.0 Å². The normalized spacial score (nSPS) is 14.9. The van der Waals surface area contributed by atoms with Crippen LogP contribution >= 0.6 is 15.9 Å². The van der Waals surface area contributed by atoms with E-state index in [1.165, 1.54) is 0 Å². The molecule has 0 radical (unpaired) electrons. The minimum absolute atomic E-state index is 0.0730. The summed E-state index contributed by atoms with van der Waals surface area (Å²) in [4.78, 5) is 0. The molecule has 1 atom stereocenters. The second-order valence-corrected chi connectivity index (χ2v) is 7.47. The summed E-state index contributed by atoms with van der Waals surface area (Å²) in [6.45, 7) is 9.03. The van der Waals surface area contributed by atoms with Gasteiger partial charge in [0, 0.05) is 16.4 Å². The zero-order valence-corrected chi connectivity index (χ0v) is 14.7. The van der Waals surface area contributed by atoms with Gasteiger partial charge in [0.05, 0.1) is 12.7 Å². The van der Waals surface area contributed by atoms with Crippen molar-refractivity contribution < 1.29 is 9.84 Å². The zero-order valence-electron chi connectivity index (χ0n) is 13.1. The minimum atomic E-state index is -0.758. The van der Waals surface area contributed by atoms with Crippen molar-refractivity contribution in [3.8, 4) is 5.75 Å². The van der Waals surface area contributed by atoms with Gasteiger partial charge in [-0.05, 0) is 64.4 Å². The second kappa shape index (κ2) is 6.92. The molecule has 0 saturated carbocycles. The van der Waals surface area contributed by atoms with E-state index in [1.807, 2.05) is 25.1 Å². The van der Waals surface area contributed by atoms with Crippen LogP contribution in [0.5, 0.6) is 5.75 Å². The molecule has 1 aromatic carbocycles. The van der Waals surface area contributed by atoms with Gasteiger partial charge in [-0.3, -0.25) is 0 Å². The van der Waals surface area contributed by atoms with Crippen molar-refractivity contribution in [3.05, 3.63) is 28.2 Å². The van der Waals surface area contributed by atoms with Gasteiger partial charge in [-0.15, -0.1) is 0 Å². The Kier molecular flexibility index (Phi) is 6.05. The summed E-state index contributed by atoms with van der Waals surface area (Å²) in [5.74, 6) is 0.817. The van der Waals surface area contributed by atoms with Gasteiger partial charge in [-0.25, -0.2) is 0 Å². The monoisotopic (exact) mass is 343 g/mol. The summed E-state index contributed by atoms with van der Waals surface area (Å²) in [6, 6.07) is 5.87. The van der Waals surface area contributed by atoms with Gasteiger partial charge in [0.2, 0.25) is 0 Å². The SMILES string of the molecule is COc1ccc(Br)cc1CC(C)(O)CCNC(C)(C)C. The number of hydrogen-bond donors (Lipinski definition) is 2. The Balaban J connectivity index is 2.68. The van der Waals surface area contributed by atoms with Gasteiger partial charge in [-0.2, -0.15) is 0 Å². The Morgan fingerprint density at radius 2 is 1.90 bits per heavy atom. The second-order valence-electron chi connectivity index (χ2n) is 6.56. The van der Waals surface area contributed by atoms with Crippen LogP contribution in [0.2, 0.25) is 0 Å². The molecule has 0 aliphatic heterocycles. The molecule has 0 bridgehead atoms. The highest BCUT2D eigenvalue weighted by Crippen LogP contribution is 2.27. The van der Waals surface area contributed by atoms with Crippen molar-refractivity contribution in [2.75, 3.05) is 13.7 Å². The van der Waals surface area contributed by atoms with Crippen LogP contribution in [-0.2, 0) is 6.42 Å². The summed E-state index contributed by atoms with van der Waals surface area (Å²) in [5, 5.41) is 14.0. The first-order chi connectivity index (χ1) is 9.13. The average Bonchev–Trinajstić information content (AvgIpc) is 2.26. The van der Waals surface area contributed by atoms with E-state index in [9.17, 15) is 5.11 Å². The molecule has 1 rings (SSSR count). The number of nitrogens with one attached hydrogen (secondary N) is 1. The lowest BCUT2D eigenvalue weighted by molar-refractivity contribution is 0.0493. The highest BCUT2D eigenvalue weighted by atomic mass is 79.9. The molecule has 1 aromatic rings. The molecule has 0 aliphatic carbocycles. The number of halogens is 1. The number of benzene rings is 1. The van der Waals surface area contributed by atoms with Crippen LogP contribution in [0.15, 0.2) is 22.7 Å². The molecule has 0 amide bonds. The molecule has 114 valence electrons. The van der Waals surface area contributed by atoms with Gasteiger partial charge in [0.1, 0.15) is 5.75 Å². The maximum absolute atomic E-state index is 10.6. The highest BCUT2D eigenvalue weighted by Gasteiger charge is 2.23. The third kappa shape index (κ3) is 6.25. The van der Waals surface area contributed by atoms with Crippen LogP contribution in [0.1, 0.15) is 39.7 Å². The van der Waals surface area contributed by atoms with Gasteiger partial charge in [0.15, 0.2) is 0 Å². The molecule has 2 N–H and O–H groups in total. The van der Waals surface area contributed by atoms with Crippen molar-refractivity contribution in [2.24, 2.45) is 0 Å². The Morgan fingerprint density at radius 1 is 1.25 bits per heavy atom. The van der Waals surface area contributed by atoms with Crippen LogP contribution in [0.3, 0.4) is 0 Å². The van der Waals surface area contributed by atoms with Gasteiger partial charge in [0.25, 0.3) is 0 Å². The maximum atomic E-state index is 10.6. The summed E-state index contributed by atoms with van der Waals surface area (Å²) in [5.41, 5.74) is 0.332. The molecule has 4 heteroatoms. The number of aliphatic hydroxyl groups is 1. The van der Waals surface area contributed by atoms with Crippen LogP contribution in [0.25, 0.3) is 0 Å². The van der Waals surface area contributed by atoms with Crippen molar-refractivity contribution in [1.82, 2.24) is 5.32 Å². The number of ether oxygens (including phenoxy) is 1. The molecule has 0 aliphatic rings.